The highest BCUT2D eigenvalue weighted by molar-refractivity contribution is 6.30. The molecule has 1 rings (SSSR count). The van der Waals surface area contributed by atoms with E-state index in [0.717, 1.165) is 0 Å². The lowest BCUT2D eigenvalue weighted by Gasteiger charge is -2.19. The van der Waals surface area contributed by atoms with Crippen LogP contribution in [0.5, 0.6) is 5.75 Å². The van der Waals surface area contributed by atoms with Crippen LogP contribution in [0.1, 0.15) is 26.3 Å². The van der Waals surface area contributed by atoms with Gasteiger partial charge >= 0.3 is 12.6 Å². The third kappa shape index (κ3) is 7.24. The molecular formula is C14H18ClF2NO3. The number of rotatable bonds is 6. The van der Waals surface area contributed by atoms with Crippen molar-refractivity contribution in [3.8, 4) is 5.75 Å². The van der Waals surface area contributed by atoms with Gasteiger partial charge < -0.3 is 14.8 Å². The van der Waals surface area contributed by atoms with E-state index in [2.05, 4.69) is 10.1 Å². The van der Waals surface area contributed by atoms with Gasteiger partial charge in [-0.1, -0.05) is 11.6 Å². The fourth-order valence-electron chi connectivity index (χ4n) is 1.57. The maximum absolute atomic E-state index is 12.3. The normalized spacial score (nSPS) is 11.6. The Bertz CT molecular complexity index is 490. The van der Waals surface area contributed by atoms with Gasteiger partial charge in [-0.25, -0.2) is 0 Å². The van der Waals surface area contributed by atoms with E-state index in [1.165, 1.54) is 18.2 Å². The van der Waals surface area contributed by atoms with E-state index in [-0.39, 0.29) is 18.8 Å². The van der Waals surface area contributed by atoms with Crippen molar-refractivity contribution < 1.29 is 23.0 Å². The van der Waals surface area contributed by atoms with Gasteiger partial charge in [0.15, 0.2) is 0 Å². The van der Waals surface area contributed by atoms with Crippen LogP contribution in [0.2, 0.25) is 5.02 Å². The number of carbonyl (C=O) groups is 1. The summed E-state index contributed by atoms with van der Waals surface area (Å²) in [4.78, 5) is 11.5. The van der Waals surface area contributed by atoms with Crippen LogP contribution in [0.25, 0.3) is 0 Å². The van der Waals surface area contributed by atoms with Crippen LogP contribution in [0, 0.1) is 0 Å². The van der Waals surface area contributed by atoms with Crippen LogP contribution in [-0.4, -0.2) is 24.7 Å². The Hall–Kier alpha value is -1.40. The van der Waals surface area contributed by atoms with Crippen LogP contribution in [0.15, 0.2) is 18.2 Å². The first-order chi connectivity index (χ1) is 9.67. The molecular weight excluding hydrogens is 304 g/mol. The van der Waals surface area contributed by atoms with E-state index < -0.39 is 18.2 Å². The lowest BCUT2D eigenvalue weighted by atomic mass is 10.2. The fraction of sp³-hybridized carbons (Fsp3) is 0.500. The molecule has 1 aromatic carbocycles. The van der Waals surface area contributed by atoms with Crippen LogP contribution >= 0.6 is 11.6 Å². The maximum Gasteiger partial charge on any atom is 0.387 e. The number of hydrogen-bond donors (Lipinski definition) is 1. The largest absolute Gasteiger partial charge is 0.459 e. The van der Waals surface area contributed by atoms with Crippen LogP contribution in [0.3, 0.4) is 0 Å². The molecule has 0 fully saturated rings. The molecule has 0 unspecified atom stereocenters. The summed E-state index contributed by atoms with van der Waals surface area (Å²) >= 11 is 5.82. The molecule has 0 saturated carbocycles. The molecule has 118 valence electrons. The topological polar surface area (TPSA) is 47.6 Å². The number of carbonyl (C=O) groups excluding carboxylic acids is 1. The third-order valence-electron chi connectivity index (χ3n) is 2.24. The number of hydrogen-bond acceptors (Lipinski definition) is 4. The predicted octanol–water partition coefficient (Wildman–Crippen LogP) is 3.37. The number of alkyl halides is 2. The van der Waals surface area contributed by atoms with Gasteiger partial charge in [-0.05, 0) is 39.0 Å². The second-order valence-corrected chi connectivity index (χ2v) is 5.76. The molecule has 0 aromatic heterocycles. The molecule has 0 aliphatic carbocycles. The molecule has 0 saturated heterocycles. The Morgan fingerprint density at radius 3 is 2.62 bits per heavy atom. The average molecular weight is 322 g/mol. The van der Waals surface area contributed by atoms with Crippen molar-refractivity contribution in [3.05, 3.63) is 28.8 Å². The number of halogens is 3. The fourth-order valence-corrected chi connectivity index (χ4v) is 1.77. The highest BCUT2D eigenvalue weighted by atomic mass is 35.5. The summed E-state index contributed by atoms with van der Waals surface area (Å²) in [5.41, 5.74) is -0.134. The summed E-state index contributed by atoms with van der Waals surface area (Å²) in [7, 11) is 0. The molecule has 7 heteroatoms. The summed E-state index contributed by atoms with van der Waals surface area (Å²) in [6, 6.07) is 4.32. The molecule has 0 spiro atoms. The zero-order chi connectivity index (χ0) is 16.0. The average Bonchev–Trinajstić information content (AvgIpc) is 2.29. The lowest BCUT2D eigenvalue weighted by Crippen LogP contribution is -2.31. The molecule has 0 atom stereocenters. The summed E-state index contributed by atoms with van der Waals surface area (Å²) in [6.07, 6.45) is 0. The number of esters is 1. The SMILES string of the molecule is CC(C)(C)OC(=O)CNCc1cc(Cl)ccc1OC(F)F. The first-order valence-corrected chi connectivity index (χ1v) is 6.71. The Balaban J connectivity index is 2.58. The molecule has 0 aliphatic heterocycles. The quantitative estimate of drug-likeness (QED) is 0.816. The second-order valence-electron chi connectivity index (χ2n) is 5.32. The Morgan fingerprint density at radius 2 is 2.05 bits per heavy atom. The van der Waals surface area contributed by atoms with Gasteiger partial charge in [0.05, 0.1) is 6.54 Å². The predicted molar refractivity (Wildman–Crippen MR) is 75.6 cm³/mol. The van der Waals surface area contributed by atoms with Gasteiger partial charge in [0, 0.05) is 17.1 Å². The van der Waals surface area contributed by atoms with E-state index >= 15 is 0 Å². The molecule has 1 aromatic rings. The molecule has 0 amide bonds. The minimum atomic E-state index is -2.92. The van der Waals surface area contributed by atoms with Crippen LogP contribution in [-0.2, 0) is 16.1 Å². The van der Waals surface area contributed by atoms with Crippen molar-refractivity contribution >= 4 is 17.6 Å². The van der Waals surface area contributed by atoms with Gasteiger partial charge in [0.2, 0.25) is 0 Å². The number of nitrogens with one attached hydrogen (secondary N) is 1. The second kappa shape index (κ2) is 7.56. The third-order valence-corrected chi connectivity index (χ3v) is 2.48. The standard InChI is InChI=1S/C14H18ClF2NO3/c1-14(2,3)21-12(19)8-18-7-9-6-10(15)4-5-11(9)20-13(16)17/h4-6,13,18H,7-8H2,1-3H3. The van der Waals surface area contributed by atoms with Gasteiger partial charge in [0.1, 0.15) is 11.4 Å². The van der Waals surface area contributed by atoms with Crippen LogP contribution < -0.4 is 10.1 Å². The Kier molecular flexibility index (Phi) is 6.36. The summed E-state index contributed by atoms with van der Waals surface area (Å²) in [6.45, 7) is 2.47. The van der Waals surface area contributed by atoms with E-state index in [4.69, 9.17) is 16.3 Å². The van der Waals surface area contributed by atoms with Gasteiger partial charge in [-0.2, -0.15) is 8.78 Å². The first kappa shape index (κ1) is 17.7. The molecule has 0 bridgehead atoms. The van der Waals surface area contributed by atoms with Gasteiger partial charge in [-0.15, -0.1) is 0 Å². The molecule has 0 radical (unpaired) electrons. The highest BCUT2D eigenvalue weighted by Gasteiger charge is 2.16. The lowest BCUT2D eigenvalue weighted by molar-refractivity contribution is -0.153. The zero-order valence-electron chi connectivity index (χ0n) is 12.1. The smallest absolute Gasteiger partial charge is 0.387 e. The van der Waals surface area contributed by atoms with Crippen molar-refractivity contribution in [2.75, 3.05) is 6.54 Å². The minimum Gasteiger partial charge on any atom is -0.459 e. The van der Waals surface area contributed by atoms with Crippen molar-refractivity contribution in [2.24, 2.45) is 0 Å². The summed E-state index contributed by atoms with van der Waals surface area (Å²) in [5, 5.41) is 3.20. The monoisotopic (exact) mass is 321 g/mol. The highest BCUT2D eigenvalue weighted by Crippen LogP contribution is 2.24. The summed E-state index contributed by atoms with van der Waals surface area (Å²) in [5.74, 6) is -0.410. The zero-order valence-corrected chi connectivity index (χ0v) is 12.8. The van der Waals surface area contributed by atoms with E-state index in [0.29, 0.717) is 10.6 Å². The van der Waals surface area contributed by atoms with Gasteiger partial charge in [-0.3, -0.25) is 4.79 Å². The Labute approximate surface area is 127 Å². The molecule has 1 N–H and O–H groups in total. The minimum absolute atomic E-state index is 0.0195. The van der Waals surface area contributed by atoms with Crippen molar-refractivity contribution in [1.29, 1.82) is 0 Å². The molecule has 0 aliphatic rings. The van der Waals surface area contributed by atoms with Crippen molar-refractivity contribution in [1.82, 2.24) is 5.32 Å². The van der Waals surface area contributed by atoms with Crippen molar-refractivity contribution in [3.63, 3.8) is 0 Å². The van der Waals surface area contributed by atoms with E-state index in [1.54, 1.807) is 20.8 Å². The molecule has 0 heterocycles. The number of benzene rings is 1. The molecule has 4 nitrogen and oxygen atoms in total. The van der Waals surface area contributed by atoms with Crippen molar-refractivity contribution in [2.45, 2.75) is 39.5 Å². The molecule has 21 heavy (non-hydrogen) atoms. The van der Waals surface area contributed by atoms with Gasteiger partial charge in [0.25, 0.3) is 0 Å². The first-order valence-electron chi connectivity index (χ1n) is 6.33. The maximum atomic E-state index is 12.3. The summed E-state index contributed by atoms with van der Waals surface area (Å²) < 4.78 is 34.1. The van der Waals surface area contributed by atoms with E-state index in [9.17, 15) is 13.6 Å². The van der Waals surface area contributed by atoms with E-state index in [1.807, 2.05) is 0 Å². The Morgan fingerprint density at radius 1 is 1.38 bits per heavy atom. The van der Waals surface area contributed by atoms with Crippen LogP contribution in [0.4, 0.5) is 8.78 Å². The number of ether oxygens (including phenoxy) is 2.